The number of carbonyl (C=O) groups excluding carboxylic acids is 1. The lowest BCUT2D eigenvalue weighted by Gasteiger charge is -2.62. The molecule has 0 aromatic carbocycles. The number of hydrogen-bond donors (Lipinski definition) is 2. The lowest BCUT2D eigenvalue weighted by molar-refractivity contribution is -0.220. The van der Waals surface area contributed by atoms with Crippen molar-refractivity contribution in [3.8, 4) is 0 Å². The molecule has 2 heterocycles. The van der Waals surface area contributed by atoms with Gasteiger partial charge in [-0.15, -0.1) is 0 Å². The summed E-state index contributed by atoms with van der Waals surface area (Å²) in [6.07, 6.45) is 0.305. The van der Waals surface area contributed by atoms with E-state index < -0.39 is 22.9 Å². The lowest BCUT2D eigenvalue weighted by atomic mass is 9.50. The second-order valence-electron chi connectivity index (χ2n) is 11.6. The molecular weight excluding hydrogens is 461 g/mol. The van der Waals surface area contributed by atoms with Gasteiger partial charge in [0.05, 0.1) is 22.3 Å². The average Bonchev–Trinajstić information content (AvgIpc) is 2.80. The number of ether oxygens (including phenoxy) is 1. The summed E-state index contributed by atoms with van der Waals surface area (Å²) in [5, 5.41) is 14.4. The van der Waals surface area contributed by atoms with E-state index in [2.05, 4.69) is 15.2 Å². The number of nitrogens with one attached hydrogen (secondary N) is 1. The Morgan fingerprint density at radius 2 is 1.74 bits per heavy atom. The first-order valence-corrected chi connectivity index (χ1v) is 12.5. The van der Waals surface area contributed by atoms with Gasteiger partial charge >= 0.3 is 6.18 Å². The maximum Gasteiger partial charge on any atom is 0.417 e. The van der Waals surface area contributed by atoms with E-state index >= 15 is 0 Å². The summed E-state index contributed by atoms with van der Waals surface area (Å²) >= 11 is 0. The molecule has 1 amide bonds. The molecule has 4 saturated carbocycles. The number of nitrogens with zero attached hydrogens (tertiary/aromatic N) is 3. The molecule has 3 unspecified atom stereocenters. The predicted octanol–water partition coefficient (Wildman–Crippen LogP) is 2.83. The van der Waals surface area contributed by atoms with E-state index in [4.69, 9.17) is 4.74 Å². The monoisotopic (exact) mass is 496 g/mol. The van der Waals surface area contributed by atoms with Crippen molar-refractivity contribution < 1.29 is 27.8 Å². The van der Waals surface area contributed by atoms with Gasteiger partial charge in [0.25, 0.3) is 0 Å². The van der Waals surface area contributed by atoms with Crippen LogP contribution in [0.5, 0.6) is 0 Å². The molecule has 6 rings (SSSR count). The molecule has 4 aliphatic carbocycles. The zero-order valence-corrected chi connectivity index (χ0v) is 20.6. The van der Waals surface area contributed by atoms with Crippen LogP contribution in [0.3, 0.4) is 0 Å². The average molecular weight is 497 g/mol. The fourth-order valence-electron chi connectivity index (χ4n) is 7.21. The molecular formula is C25H35F3N4O3. The Labute approximate surface area is 204 Å². The number of methoxy groups -OCH3 is 1. The number of carbonyl (C=O) groups is 1. The van der Waals surface area contributed by atoms with E-state index in [9.17, 15) is 23.1 Å². The SMILES string of the molecule is COC12C[C@H]3CC(O)(C[C@@H](C1)C3NC(=O)C(C)(C)N1CCN(c3ccc(C(F)(F)F)cn3)CC1)C2. The molecule has 1 aromatic rings. The molecule has 1 saturated heterocycles. The van der Waals surface area contributed by atoms with Gasteiger partial charge in [-0.05, 0) is 63.5 Å². The number of piperazine rings is 1. The van der Waals surface area contributed by atoms with Crippen molar-refractivity contribution in [2.24, 2.45) is 11.8 Å². The van der Waals surface area contributed by atoms with Crippen molar-refractivity contribution in [3.63, 3.8) is 0 Å². The summed E-state index contributed by atoms with van der Waals surface area (Å²) in [6, 6.07) is 2.51. The topological polar surface area (TPSA) is 77.9 Å². The molecule has 0 spiro atoms. The smallest absolute Gasteiger partial charge is 0.390 e. The van der Waals surface area contributed by atoms with Crippen molar-refractivity contribution in [1.29, 1.82) is 0 Å². The third kappa shape index (κ3) is 4.42. The number of pyridine rings is 1. The van der Waals surface area contributed by atoms with Crippen LogP contribution in [0.4, 0.5) is 19.0 Å². The van der Waals surface area contributed by atoms with Gasteiger partial charge in [-0.2, -0.15) is 13.2 Å². The van der Waals surface area contributed by atoms with Crippen LogP contribution in [-0.4, -0.2) is 77.0 Å². The van der Waals surface area contributed by atoms with Crippen LogP contribution < -0.4 is 10.2 Å². The van der Waals surface area contributed by atoms with E-state index in [1.165, 1.54) is 6.07 Å². The largest absolute Gasteiger partial charge is 0.417 e. The Morgan fingerprint density at radius 3 is 2.26 bits per heavy atom. The van der Waals surface area contributed by atoms with Gasteiger partial charge in [-0.25, -0.2) is 4.98 Å². The van der Waals surface area contributed by atoms with Crippen LogP contribution >= 0.6 is 0 Å². The summed E-state index contributed by atoms with van der Waals surface area (Å²) in [5.41, 5.74) is -2.43. The first-order chi connectivity index (χ1) is 16.3. The van der Waals surface area contributed by atoms with Crippen molar-refractivity contribution >= 4 is 11.7 Å². The van der Waals surface area contributed by atoms with Crippen molar-refractivity contribution in [2.75, 3.05) is 38.2 Å². The van der Waals surface area contributed by atoms with E-state index in [1.807, 2.05) is 18.7 Å². The predicted molar refractivity (Wildman–Crippen MR) is 124 cm³/mol. The second kappa shape index (κ2) is 8.31. The fourth-order valence-corrected chi connectivity index (χ4v) is 7.21. The highest BCUT2D eigenvalue weighted by Crippen LogP contribution is 2.58. The molecule has 1 aromatic heterocycles. The maximum absolute atomic E-state index is 13.5. The molecule has 5 atom stereocenters. The van der Waals surface area contributed by atoms with Crippen LogP contribution in [-0.2, 0) is 15.7 Å². The normalized spacial score (nSPS) is 35.4. The number of alkyl halides is 3. The summed E-state index contributed by atoms with van der Waals surface area (Å²) < 4.78 is 44.3. The van der Waals surface area contributed by atoms with Gasteiger partial charge < -0.3 is 20.1 Å². The zero-order chi connectivity index (χ0) is 25.2. The minimum Gasteiger partial charge on any atom is -0.390 e. The molecule has 2 N–H and O–H groups in total. The fraction of sp³-hybridized carbons (Fsp3) is 0.760. The van der Waals surface area contributed by atoms with Crippen LogP contribution in [0, 0.1) is 11.8 Å². The van der Waals surface area contributed by atoms with Crippen molar-refractivity contribution in [1.82, 2.24) is 15.2 Å². The number of halogens is 3. The van der Waals surface area contributed by atoms with Gasteiger partial charge in [0.15, 0.2) is 0 Å². The van der Waals surface area contributed by atoms with E-state index in [0.717, 1.165) is 25.1 Å². The summed E-state index contributed by atoms with van der Waals surface area (Å²) in [5.74, 6) is 0.917. The third-order valence-corrected chi connectivity index (χ3v) is 8.98. The molecule has 35 heavy (non-hydrogen) atoms. The first-order valence-electron chi connectivity index (χ1n) is 12.5. The van der Waals surface area contributed by atoms with Gasteiger partial charge in [0.1, 0.15) is 5.82 Å². The highest BCUT2D eigenvalue weighted by atomic mass is 19.4. The van der Waals surface area contributed by atoms with Gasteiger partial charge in [-0.1, -0.05) is 0 Å². The Morgan fingerprint density at radius 1 is 1.11 bits per heavy atom. The lowest BCUT2D eigenvalue weighted by Crippen LogP contribution is -2.69. The Balaban J connectivity index is 1.20. The van der Waals surface area contributed by atoms with Gasteiger partial charge in [-0.3, -0.25) is 9.69 Å². The van der Waals surface area contributed by atoms with Crippen LogP contribution in [0.2, 0.25) is 0 Å². The molecule has 0 radical (unpaired) electrons. The summed E-state index contributed by atoms with van der Waals surface area (Å²) in [6.45, 7) is 6.21. The van der Waals surface area contributed by atoms with E-state index in [0.29, 0.717) is 51.3 Å². The van der Waals surface area contributed by atoms with Gasteiger partial charge in [0.2, 0.25) is 5.91 Å². The highest BCUT2D eigenvalue weighted by molar-refractivity contribution is 5.85. The molecule has 4 bridgehead atoms. The quantitative estimate of drug-likeness (QED) is 0.653. The molecule has 10 heteroatoms. The minimum atomic E-state index is -4.40. The van der Waals surface area contributed by atoms with E-state index in [-0.39, 0.29) is 29.4 Å². The van der Waals surface area contributed by atoms with Crippen molar-refractivity contribution in [2.45, 2.75) is 74.9 Å². The Kier molecular flexibility index (Phi) is 5.88. The number of aliphatic hydroxyl groups is 1. The van der Waals surface area contributed by atoms with Gasteiger partial charge in [0, 0.05) is 51.9 Å². The Hall–Kier alpha value is -1.91. The zero-order valence-electron chi connectivity index (χ0n) is 20.6. The molecule has 5 fully saturated rings. The van der Waals surface area contributed by atoms with E-state index in [1.54, 1.807) is 7.11 Å². The van der Waals surface area contributed by atoms with Crippen LogP contribution in [0.1, 0.15) is 51.5 Å². The molecule has 5 aliphatic rings. The number of hydrogen-bond acceptors (Lipinski definition) is 6. The van der Waals surface area contributed by atoms with Crippen LogP contribution in [0.25, 0.3) is 0 Å². The van der Waals surface area contributed by atoms with Crippen molar-refractivity contribution in [3.05, 3.63) is 23.9 Å². The maximum atomic E-state index is 13.5. The third-order valence-electron chi connectivity index (χ3n) is 8.98. The number of amides is 1. The number of aromatic nitrogens is 1. The summed E-state index contributed by atoms with van der Waals surface area (Å²) in [7, 11) is 1.73. The molecule has 7 nitrogen and oxygen atoms in total. The highest BCUT2D eigenvalue weighted by Gasteiger charge is 2.61. The van der Waals surface area contributed by atoms with Crippen LogP contribution in [0.15, 0.2) is 18.3 Å². The molecule has 1 aliphatic heterocycles. The molecule has 194 valence electrons. The first kappa shape index (κ1) is 24.8. The Bertz CT molecular complexity index is 944. The standard InChI is InChI=1S/C25H35F3N4O3/c1-22(2,32-8-6-31(7-9-32)19-5-4-18(14-29-19)25(26,27)28)21(33)30-20-16-10-23(34)11-17(20)13-24(12-16,15-23)35-3/h4-5,14,16-17,20,34H,6-13,15H2,1-3H3,(H,30,33)/t16-,17+,20?,23?,24?. The minimum absolute atomic E-state index is 0.0189. The number of anilines is 1. The second-order valence-corrected chi connectivity index (χ2v) is 11.6. The number of rotatable bonds is 5. The summed E-state index contributed by atoms with van der Waals surface area (Å²) in [4.78, 5) is 21.6.